The molecule has 112 valence electrons. The van der Waals surface area contributed by atoms with Crippen LogP contribution in [0.4, 0.5) is 4.39 Å². The Morgan fingerprint density at radius 2 is 1.95 bits per heavy atom. The molecule has 20 heavy (non-hydrogen) atoms. The SMILES string of the molecule is CN(C)C[C@@]1(O)CCN(S(=O)(=O)c2ccc(F)cc2)C1. The van der Waals surface area contributed by atoms with E-state index >= 15 is 0 Å². The van der Waals surface area contributed by atoms with Gasteiger partial charge in [0.1, 0.15) is 5.82 Å². The number of benzene rings is 1. The Morgan fingerprint density at radius 1 is 1.35 bits per heavy atom. The summed E-state index contributed by atoms with van der Waals surface area (Å²) in [6, 6.07) is 4.73. The number of aliphatic hydroxyl groups is 1. The van der Waals surface area contributed by atoms with Gasteiger partial charge >= 0.3 is 0 Å². The molecule has 1 atom stereocenters. The standard InChI is InChI=1S/C13H19FN2O3S/c1-15(2)9-13(17)7-8-16(10-13)20(18,19)12-5-3-11(14)4-6-12/h3-6,17H,7-10H2,1-2H3/t13-/m0/s1. The molecule has 0 spiro atoms. The molecule has 1 aromatic carbocycles. The van der Waals surface area contributed by atoms with Crippen LogP contribution in [0.25, 0.3) is 0 Å². The number of nitrogens with zero attached hydrogens (tertiary/aromatic N) is 2. The molecule has 0 amide bonds. The van der Waals surface area contributed by atoms with E-state index < -0.39 is 21.4 Å². The molecule has 7 heteroatoms. The highest BCUT2D eigenvalue weighted by Crippen LogP contribution is 2.27. The van der Waals surface area contributed by atoms with Crippen LogP contribution in [0.3, 0.4) is 0 Å². The molecule has 0 bridgehead atoms. The summed E-state index contributed by atoms with van der Waals surface area (Å²) in [7, 11) is -0.0172. The van der Waals surface area contributed by atoms with Gasteiger partial charge in [-0.2, -0.15) is 4.31 Å². The summed E-state index contributed by atoms with van der Waals surface area (Å²) in [4.78, 5) is 1.88. The van der Waals surface area contributed by atoms with Crippen LogP contribution in [0.15, 0.2) is 29.2 Å². The van der Waals surface area contributed by atoms with Gasteiger partial charge in [0.2, 0.25) is 10.0 Å². The van der Waals surface area contributed by atoms with E-state index in [2.05, 4.69) is 0 Å². The van der Waals surface area contributed by atoms with Gasteiger partial charge in [0, 0.05) is 19.6 Å². The molecule has 1 fully saturated rings. The maximum atomic E-state index is 12.9. The minimum absolute atomic E-state index is 0.0491. The van der Waals surface area contributed by atoms with Crippen LogP contribution in [-0.2, 0) is 10.0 Å². The summed E-state index contributed by atoms with van der Waals surface area (Å²) in [6.07, 6.45) is 0.394. The molecule has 0 aromatic heterocycles. The zero-order valence-corrected chi connectivity index (χ0v) is 12.4. The smallest absolute Gasteiger partial charge is 0.243 e. The van der Waals surface area contributed by atoms with E-state index in [0.717, 1.165) is 12.1 Å². The summed E-state index contributed by atoms with van der Waals surface area (Å²) in [5.41, 5.74) is -1.03. The average Bonchev–Trinajstić information content (AvgIpc) is 2.71. The fourth-order valence-electron chi connectivity index (χ4n) is 2.50. The summed E-state index contributed by atoms with van der Waals surface area (Å²) < 4.78 is 38.9. The predicted octanol–water partition coefficient (Wildman–Crippen LogP) is 0.513. The van der Waals surface area contributed by atoms with Crippen LogP contribution in [0.1, 0.15) is 6.42 Å². The first kappa shape index (κ1) is 15.4. The maximum absolute atomic E-state index is 12.9. The van der Waals surface area contributed by atoms with Gasteiger partial charge in [-0.25, -0.2) is 12.8 Å². The number of halogens is 1. The fourth-order valence-corrected chi connectivity index (χ4v) is 4.02. The lowest BCUT2D eigenvalue weighted by atomic mass is 10.0. The first-order chi connectivity index (χ1) is 9.23. The van der Waals surface area contributed by atoms with Crippen LogP contribution in [0, 0.1) is 5.82 Å². The van der Waals surface area contributed by atoms with Crippen molar-refractivity contribution in [3.05, 3.63) is 30.1 Å². The zero-order chi connectivity index (χ0) is 15.0. The summed E-state index contributed by atoms with van der Waals surface area (Å²) >= 11 is 0. The second-order valence-corrected chi connectivity index (χ2v) is 7.44. The van der Waals surface area contributed by atoms with Crippen molar-refractivity contribution in [1.29, 1.82) is 0 Å². The van der Waals surface area contributed by atoms with Crippen LogP contribution >= 0.6 is 0 Å². The second kappa shape index (κ2) is 5.40. The van der Waals surface area contributed by atoms with Gasteiger partial charge in [-0.05, 0) is 44.8 Å². The minimum atomic E-state index is -3.67. The molecule has 1 aromatic rings. The molecule has 0 radical (unpaired) electrons. The summed E-state index contributed by atoms with van der Waals surface area (Å²) in [5, 5.41) is 10.4. The van der Waals surface area contributed by atoms with Crippen molar-refractivity contribution in [1.82, 2.24) is 9.21 Å². The molecule has 1 N–H and O–H groups in total. The molecule has 5 nitrogen and oxygen atoms in total. The van der Waals surface area contributed by atoms with Crippen molar-refractivity contribution >= 4 is 10.0 Å². The number of likely N-dealkylation sites (N-methyl/N-ethyl adjacent to an activating group) is 1. The summed E-state index contributed by atoms with van der Waals surface area (Å²) in [5.74, 6) is -0.477. The maximum Gasteiger partial charge on any atom is 0.243 e. The van der Waals surface area contributed by atoms with Gasteiger partial charge in [-0.1, -0.05) is 0 Å². The highest BCUT2D eigenvalue weighted by molar-refractivity contribution is 7.89. The Labute approximate surface area is 118 Å². The lowest BCUT2D eigenvalue weighted by Crippen LogP contribution is -2.43. The van der Waals surface area contributed by atoms with E-state index in [1.54, 1.807) is 0 Å². The number of hydrogen-bond acceptors (Lipinski definition) is 4. The quantitative estimate of drug-likeness (QED) is 0.880. The molecule has 1 saturated heterocycles. The van der Waals surface area contributed by atoms with Gasteiger partial charge in [0.05, 0.1) is 10.5 Å². The van der Waals surface area contributed by atoms with Crippen molar-refractivity contribution in [2.75, 3.05) is 33.7 Å². The molecular formula is C13H19FN2O3S. The van der Waals surface area contributed by atoms with E-state index in [1.165, 1.54) is 16.4 Å². The third-order valence-corrected chi connectivity index (χ3v) is 5.22. The molecular weight excluding hydrogens is 283 g/mol. The number of sulfonamides is 1. The average molecular weight is 302 g/mol. The van der Waals surface area contributed by atoms with Crippen LogP contribution < -0.4 is 0 Å². The van der Waals surface area contributed by atoms with Crippen LogP contribution in [-0.4, -0.2) is 62.1 Å². The van der Waals surface area contributed by atoms with E-state index in [1.807, 2.05) is 19.0 Å². The third kappa shape index (κ3) is 3.17. The van der Waals surface area contributed by atoms with Gasteiger partial charge in [0.25, 0.3) is 0 Å². The van der Waals surface area contributed by atoms with Crippen molar-refractivity contribution in [3.63, 3.8) is 0 Å². The van der Waals surface area contributed by atoms with E-state index in [0.29, 0.717) is 13.0 Å². The van der Waals surface area contributed by atoms with Gasteiger partial charge in [-0.15, -0.1) is 0 Å². The van der Waals surface area contributed by atoms with Crippen LogP contribution in [0.2, 0.25) is 0 Å². The van der Waals surface area contributed by atoms with Crippen LogP contribution in [0.5, 0.6) is 0 Å². The highest BCUT2D eigenvalue weighted by Gasteiger charge is 2.41. The Kier molecular flexibility index (Phi) is 4.15. The molecule has 1 heterocycles. The highest BCUT2D eigenvalue weighted by atomic mass is 32.2. The van der Waals surface area contributed by atoms with E-state index in [-0.39, 0.29) is 18.0 Å². The lowest BCUT2D eigenvalue weighted by Gasteiger charge is -2.26. The Hall–Kier alpha value is -1.02. The van der Waals surface area contributed by atoms with Gasteiger partial charge < -0.3 is 10.0 Å². The monoisotopic (exact) mass is 302 g/mol. The Bertz CT molecular complexity index is 574. The Morgan fingerprint density at radius 3 is 2.50 bits per heavy atom. The topological polar surface area (TPSA) is 60.9 Å². The normalized spacial score (nSPS) is 24.4. The molecule has 2 rings (SSSR count). The molecule has 0 aliphatic carbocycles. The fraction of sp³-hybridized carbons (Fsp3) is 0.538. The number of rotatable bonds is 4. The predicted molar refractivity (Wildman–Crippen MR) is 73.3 cm³/mol. The van der Waals surface area contributed by atoms with Gasteiger partial charge in [0.15, 0.2) is 0 Å². The molecule has 0 unspecified atom stereocenters. The third-order valence-electron chi connectivity index (χ3n) is 3.36. The Balaban J connectivity index is 2.18. The van der Waals surface area contributed by atoms with Crippen molar-refractivity contribution < 1.29 is 17.9 Å². The van der Waals surface area contributed by atoms with Gasteiger partial charge in [-0.3, -0.25) is 0 Å². The first-order valence-electron chi connectivity index (χ1n) is 6.36. The first-order valence-corrected chi connectivity index (χ1v) is 7.80. The molecule has 0 saturated carbocycles. The van der Waals surface area contributed by atoms with Crippen molar-refractivity contribution in [3.8, 4) is 0 Å². The molecule has 1 aliphatic rings. The number of hydrogen-bond donors (Lipinski definition) is 1. The van der Waals surface area contributed by atoms with Crippen molar-refractivity contribution in [2.24, 2.45) is 0 Å². The lowest BCUT2D eigenvalue weighted by molar-refractivity contribution is 0.0302. The minimum Gasteiger partial charge on any atom is -0.387 e. The van der Waals surface area contributed by atoms with Crippen molar-refractivity contribution in [2.45, 2.75) is 16.9 Å². The van der Waals surface area contributed by atoms with E-state index in [4.69, 9.17) is 0 Å². The summed E-state index contributed by atoms with van der Waals surface area (Å²) in [6.45, 7) is 0.734. The van der Waals surface area contributed by atoms with E-state index in [9.17, 15) is 17.9 Å². The number of β-amino-alcohol motifs (C(OH)–C–C–N with tert-alkyl or cyclic N) is 1. The molecule has 1 aliphatic heterocycles. The largest absolute Gasteiger partial charge is 0.387 e. The second-order valence-electron chi connectivity index (χ2n) is 5.50. The zero-order valence-electron chi connectivity index (χ0n) is 11.6.